The molecule has 20 heavy (non-hydrogen) atoms. The molecule has 0 fully saturated rings. The van der Waals surface area contributed by atoms with Gasteiger partial charge >= 0.3 is 0 Å². The van der Waals surface area contributed by atoms with Gasteiger partial charge in [-0.3, -0.25) is 0 Å². The van der Waals surface area contributed by atoms with Crippen LogP contribution in [0.4, 0.5) is 0 Å². The fraction of sp³-hybridized carbons (Fsp3) is 1.00. The molecule has 0 spiro atoms. The van der Waals surface area contributed by atoms with E-state index in [9.17, 15) is 0 Å². The van der Waals surface area contributed by atoms with Crippen LogP contribution in [0.25, 0.3) is 0 Å². The van der Waals surface area contributed by atoms with Crippen LogP contribution in [0.15, 0.2) is 0 Å². The minimum atomic E-state index is 0.122. The molecule has 0 unspecified atom stereocenters. The number of rotatable bonds is 2. The van der Waals surface area contributed by atoms with E-state index in [-0.39, 0.29) is 39.6 Å². The number of ether oxygens (including phenoxy) is 1. The van der Waals surface area contributed by atoms with Crippen molar-refractivity contribution in [3.63, 3.8) is 0 Å². The second-order valence-corrected chi connectivity index (χ2v) is 2.30. The Bertz CT molecular complexity index is 53.1. The molecule has 0 radical (unpaired) electrons. The van der Waals surface area contributed by atoms with Crippen molar-refractivity contribution in [3.05, 3.63) is 0 Å². The molecule has 0 rings (SSSR count). The topological polar surface area (TPSA) is 131 Å². The van der Waals surface area contributed by atoms with E-state index in [1.807, 2.05) is 0 Å². The van der Waals surface area contributed by atoms with Gasteiger partial charge in [0.25, 0.3) is 0 Å². The minimum Gasteiger partial charge on any atom is -0.397 e. The Morgan fingerprint density at radius 1 is 0.550 bits per heavy atom. The fourth-order valence-electron chi connectivity index (χ4n) is 0.0913. The van der Waals surface area contributed by atoms with Crippen molar-refractivity contribution in [2.45, 2.75) is 34.6 Å². The zero-order chi connectivity index (χ0) is 17.7. The van der Waals surface area contributed by atoms with Crippen LogP contribution in [0.2, 0.25) is 0 Å². The van der Waals surface area contributed by atoms with Crippen molar-refractivity contribution in [1.29, 1.82) is 0 Å². The maximum absolute atomic E-state index is 7.94. The summed E-state index contributed by atoms with van der Waals surface area (Å²) in [5.41, 5.74) is 0. The van der Waals surface area contributed by atoms with Gasteiger partial charge in [0.05, 0.1) is 13.2 Å². The second kappa shape index (κ2) is 98.6. The van der Waals surface area contributed by atoms with Crippen LogP contribution in [0.1, 0.15) is 34.6 Å². The van der Waals surface area contributed by atoms with Crippen molar-refractivity contribution in [2.24, 2.45) is 0 Å². The minimum absolute atomic E-state index is 0.122. The first kappa shape index (κ1) is 36.7. The van der Waals surface area contributed by atoms with Crippen LogP contribution in [-0.2, 0) is 4.74 Å². The van der Waals surface area contributed by atoms with Crippen LogP contribution in [0, 0.1) is 0 Å². The van der Waals surface area contributed by atoms with Crippen molar-refractivity contribution in [1.82, 2.24) is 0 Å². The smallest absolute Gasteiger partial charge is 0.0693 e. The summed E-state index contributed by atoms with van der Waals surface area (Å²) in [7, 11) is 1.55. The van der Waals surface area contributed by atoms with Gasteiger partial charge in [0.2, 0.25) is 0 Å². The summed E-state index contributed by atoms with van der Waals surface area (Å²) in [4.78, 5) is 0. The molecule has 0 amide bonds. The van der Waals surface area contributed by atoms with Gasteiger partial charge in [-0.2, -0.15) is 0 Å². The van der Waals surface area contributed by atoms with Crippen LogP contribution in [0.5, 0.6) is 0 Å². The van der Waals surface area contributed by atoms with Gasteiger partial charge < -0.3 is 35.4 Å². The largest absolute Gasteiger partial charge is 0.397 e. The molecule has 6 N–H and O–H groups in total. The summed E-state index contributed by atoms with van der Waals surface area (Å²) in [6, 6.07) is 0. The molecule has 0 aliphatic heterocycles. The number of aliphatic hydroxyl groups excluding tert-OH is 6. The molecule has 0 aliphatic carbocycles. The van der Waals surface area contributed by atoms with E-state index in [0.717, 1.165) is 0 Å². The molecule has 0 aromatic rings. The Labute approximate surface area is 124 Å². The molecule has 0 saturated heterocycles. The molecule has 0 aromatic carbocycles. The molecule has 0 saturated carbocycles. The number of aliphatic hydroxyl groups is 6. The van der Waals surface area contributed by atoms with Crippen LogP contribution < -0.4 is 0 Å². The van der Waals surface area contributed by atoms with Crippen molar-refractivity contribution in [2.75, 3.05) is 53.4 Å². The number of methoxy groups -OCH3 is 1. The molecule has 0 aromatic heterocycles. The van der Waals surface area contributed by atoms with Crippen molar-refractivity contribution in [3.8, 4) is 0 Å². The molecule has 7 nitrogen and oxygen atoms in total. The predicted octanol–water partition coefficient (Wildman–Crippen LogP) is -0.382. The maximum Gasteiger partial charge on any atom is 0.0693 e. The summed E-state index contributed by atoms with van der Waals surface area (Å²) in [5, 5.41) is 45.8. The van der Waals surface area contributed by atoms with Gasteiger partial charge in [0.15, 0.2) is 0 Å². The summed E-state index contributed by atoms with van der Waals surface area (Å²) in [6.45, 7) is 10.2. The Hall–Kier alpha value is -0.280. The predicted molar refractivity (Wildman–Crippen MR) is 82.8 cm³/mol. The number of hydrogen-bond donors (Lipinski definition) is 6. The van der Waals surface area contributed by atoms with Crippen molar-refractivity contribution < 1.29 is 35.4 Å². The maximum atomic E-state index is 7.94. The van der Waals surface area contributed by atoms with Crippen LogP contribution in [0.3, 0.4) is 0 Å². The summed E-state index contributed by atoms with van der Waals surface area (Å²) in [5.74, 6) is 0. The van der Waals surface area contributed by atoms with Gasteiger partial charge in [-0.15, -0.1) is 0 Å². The lowest BCUT2D eigenvalue weighted by atomic mass is 10.8. The highest BCUT2D eigenvalue weighted by Gasteiger charge is 1.67. The van der Waals surface area contributed by atoms with Gasteiger partial charge in [-0.25, -0.2) is 0 Å². The Kier molecular flexibility index (Phi) is 181. The lowest BCUT2D eigenvalue weighted by molar-refractivity contribution is 0.135. The molecule has 0 bridgehead atoms. The molecule has 0 atom stereocenters. The lowest BCUT2D eigenvalue weighted by Gasteiger charge is -1.84. The van der Waals surface area contributed by atoms with Gasteiger partial charge in [-0.05, 0) is 34.6 Å². The van der Waals surface area contributed by atoms with Gasteiger partial charge in [-0.1, -0.05) is 0 Å². The first-order valence-corrected chi connectivity index (χ1v) is 6.63. The Morgan fingerprint density at radius 2 is 0.700 bits per heavy atom. The molecule has 0 heterocycles. The van der Waals surface area contributed by atoms with Gasteiger partial charge in [0.1, 0.15) is 0 Å². The quantitative estimate of drug-likeness (QED) is 0.410. The van der Waals surface area contributed by atoms with Crippen molar-refractivity contribution >= 4 is 0 Å². The zero-order valence-electron chi connectivity index (χ0n) is 14.0. The third kappa shape index (κ3) is 1670. The van der Waals surface area contributed by atoms with E-state index in [4.69, 9.17) is 30.6 Å². The number of hydrogen-bond acceptors (Lipinski definition) is 7. The van der Waals surface area contributed by atoms with E-state index >= 15 is 0 Å². The first-order chi connectivity index (χ1) is 9.49. The lowest BCUT2D eigenvalue weighted by Crippen LogP contribution is -1.91. The van der Waals surface area contributed by atoms with E-state index in [1.165, 1.54) is 0 Å². The summed E-state index contributed by atoms with van der Waals surface area (Å²) < 4.78 is 4.44. The van der Waals surface area contributed by atoms with Gasteiger partial charge in [0, 0.05) is 40.1 Å². The fourth-order valence-corrected chi connectivity index (χ4v) is 0.0913. The van der Waals surface area contributed by atoms with E-state index < -0.39 is 0 Å². The first-order valence-electron chi connectivity index (χ1n) is 6.63. The molecule has 0 aliphatic rings. The highest BCUT2D eigenvalue weighted by atomic mass is 16.5. The molecular weight excluding hydrogens is 268 g/mol. The second-order valence-electron chi connectivity index (χ2n) is 2.30. The standard InChI is InChI=1S/C3H8O2.5C2H6O/c1-5-3-2-4;5*1-2-3/h4H,2-3H2,1H3;5*3H,2H2,1H3. The molecule has 7 heteroatoms. The molecule has 132 valence electrons. The third-order valence-electron chi connectivity index (χ3n) is 0.295. The van der Waals surface area contributed by atoms with E-state index in [2.05, 4.69) is 4.74 Å². The SMILES string of the molecule is CCO.CCO.CCO.CCO.CCO.COCCO. The zero-order valence-corrected chi connectivity index (χ0v) is 14.0. The monoisotopic (exact) mass is 306 g/mol. The van der Waals surface area contributed by atoms with E-state index in [1.54, 1.807) is 41.7 Å². The highest BCUT2D eigenvalue weighted by Crippen LogP contribution is 1.56. The third-order valence-corrected chi connectivity index (χ3v) is 0.295. The average Bonchev–Trinajstić information content (AvgIpc) is 2.35. The van der Waals surface area contributed by atoms with Crippen LogP contribution in [-0.4, -0.2) is 84.0 Å². The summed E-state index contributed by atoms with van der Waals surface area (Å²) in [6.07, 6.45) is 0. The molecular formula is C13H38O7. The Balaban J connectivity index is -0.0000000299. The average molecular weight is 306 g/mol. The highest BCUT2D eigenvalue weighted by molar-refractivity contribution is 4.12. The van der Waals surface area contributed by atoms with Crippen LogP contribution >= 0.6 is 0 Å². The normalized spacial score (nSPS) is 6.60. The Morgan fingerprint density at radius 3 is 0.700 bits per heavy atom. The summed E-state index contributed by atoms with van der Waals surface area (Å²) >= 11 is 0. The van der Waals surface area contributed by atoms with E-state index in [0.29, 0.717) is 6.61 Å².